The SMILES string of the molecule is O=C(NCc1nsc(S(=O)(=O)CCCl)n1)c1ccc(F)cc1. The van der Waals surface area contributed by atoms with Gasteiger partial charge in [-0.1, -0.05) is 0 Å². The molecule has 2 rings (SSSR count). The van der Waals surface area contributed by atoms with Gasteiger partial charge >= 0.3 is 0 Å². The number of carbonyl (C=O) groups excluding carboxylic acids is 1. The molecule has 0 fully saturated rings. The number of rotatable bonds is 6. The van der Waals surface area contributed by atoms with Gasteiger partial charge in [-0.05, 0) is 35.8 Å². The van der Waals surface area contributed by atoms with Crippen LogP contribution in [0.1, 0.15) is 16.2 Å². The van der Waals surface area contributed by atoms with Crippen LogP contribution in [0.5, 0.6) is 0 Å². The van der Waals surface area contributed by atoms with Crippen molar-refractivity contribution >= 4 is 38.9 Å². The number of hydrogen-bond acceptors (Lipinski definition) is 6. The summed E-state index contributed by atoms with van der Waals surface area (Å²) in [5.74, 6) is -0.927. The Labute approximate surface area is 135 Å². The molecule has 0 aliphatic rings. The standard InChI is InChI=1S/C12H11ClFN3O3S2/c13-5-6-22(19,20)12-16-10(17-21-12)7-15-11(18)8-1-3-9(14)4-2-8/h1-4H,5-7H2,(H,15,18). The second-order valence-electron chi connectivity index (χ2n) is 4.17. The third-order valence-electron chi connectivity index (χ3n) is 2.57. The molecule has 1 amide bonds. The van der Waals surface area contributed by atoms with Gasteiger partial charge in [-0.2, -0.15) is 4.37 Å². The Morgan fingerprint density at radius 2 is 2.00 bits per heavy atom. The first-order valence-corrected chi connectivity index (χ1v) is 9.03. The van der Waals surface area contributed by atoms with Crippen LogP contribution in [-0.4, -0.2) is 35.3 Å². The Balaban J connectivity index is 1.99. The predicted octanol–water partition coefficient (Wildman–Crippen LogP) is 1.62. The van der Waals surface area contributed by atoms with E-state index < -0.39 is 21.6 Å². The van der Waals surface area contributed by atoms with Crippen LogP contribution in [0.2, 0.25) is 0 Å². The third kappa shape index (κ3) is 4.21. The van der Waals surface area contributed by atoms with Gasteiger partial charge < -0.3 is 5.32 Å². The van der Waals surface area contributed by atoms with Gasteiger partial charge in [0.05, 0.1) is 12.3 Å². The first kappa shape index (κ1) is 16.8. The number of nitrogens with one attached hydrogen (secondary N) is 1. The molecule has 22 heavy (non-hydrogen) atoms. The van der Waals surface area contributed by atoms with Gasteiger partial charge in [-0.3, -0.25) is 4.79 Å². The molecule has 0 atom stereocenters. The van der Waals surface area contributed by atoms with E-state index in [1.807, 2.05) is 0 Å². The van der Waals surface area contributed by atoms with Crippen LogP contribution >= 0.6 is 23.1 Å². The topological polar surface area (TPSA) is 89.0 Å². The highest BCUT2D eigenvalue weighted by molar-refractivity contribution is 7.93. The summed E-state index contributed by atoms with van der Waals surface area (Å²) in [5.41, 5.74) is 0.284. The van der Waals surface area contributed by atoms with Crippen molar-refractivity contribution in [3.05, 3.63) is 41.5 Å². The van der Waals surface area contributed by atoms with Crippen molar-refractivity contribution in [2.24, 2.45) is 0 Å². The van der Waals surface area contributed by atoms with E-state index >= 15 is 0 Å². The molecule has 118 valence electrons. The summed E-state index contributed by atoms with van der Waals surface area (Å²) in [6.07, 6.45) is 0. The van der Waals surface area contributed by atoms with E-state index in [1.165, 1.54) is 24.3 Å². The minimum Gasteiger partial charge on any atom is -0.345 e. The predicted molar refractivity (Wildman–Crippen MR) is 80.3 cm³/mol. The highest BCUT2D eigenvalue weighted by Gasteiger charge is 2.19. The van der Waals surface area contributed by atoms with Gasteiger partial charge in [0.15, 0.2) is 5.82 Å². The summed E-state index contributed by atoms with van der Waals surface area (Å²) in [7, 11) is -3.53. The molecule has 2 aromatic rings. The smallest absolute Gasteiger partial charge is 0.251 e. The van der Waals surface area contributed by atoms with Crippen molar-refractivity contribution < 1.29 is 17.6 Å². The van der Waals surface area contributed by atoms with Gasteiger partial charge in [0, 0.05) is 11.4 Å². The Morgan fingerprint density at radius 3 is 2.64 bits per heavy atom. The number of nitrogens with zero attached hydrogens (tertiary/aromatic N) is 2. The lowest BCUT2D eigenvalue weighted by Crippen LogP contribution is -2.23. The fraction of sp³-hybridized carbons (Fsp3) is 0.250. The molecule has 0 spiro atoms. The van der Waals surface area contributed by atoms with Gasteiger partial charge in [0.2, 0.25) is 14.2 Å². The summed E-state index contributed by atoms with van der Waals surface area (Å²) in [6.45, 7) is -0.0247. The maximum atomic E-state index is 12.8. The summed E-state index contributed by atoms with van der Waals surface area (Å²) >= 11 is 6.16. The Morgan fingerprint density at radius 1 is 1.32 bits per heavy atom. The summed E-state index contributed by atoms with van der Waals surface area (Å²) in [6, 6.07) is 5.03. The van der Waals surface area contributed by atoms with Gasteiger partial charge in [-0.25, -0.2) is 17.8 Å². The van der Waals surface area contributed by atoms with Crippen molar-refractivity contribution in [2.75, 3.05) is 11.6 Å². The van der Waals surface area contributed by atoms with Crippen LogP contribution in [-0.2, 0) is 16.4 Å². The lowest BCUT2D eigenvalue weighted by molar-refractivity contribution is 0.0950. The molecule has 10 heteroatoms. The molecule has 0 saturated carbocycles. The van der Waals surface area contributed by atoms with Crippen LogP contribution in [0.3, 0.4) is 0 Å². The van der Waals surface area contributed by atoms with Crippen LogP contribution < -0.4 is 5.32 Å². The number of aromatic nitrogens is 2. The monoisotopic (exact) mass is 363 g/mol. The van der Waals surface area contributed by atoms with Crippen LogP contribution in [0.15, 0.2) is 28.6 Å². The number of halogens is 2. The molecule has 0 aliphatic carbocycles. The number of amides is 1. The molecule has 0 radical (unpaired) electrons. The largest absolute Gasteiger partial charge is 0.345 e. The summed E-state index contributed by atoms with van der Waals surface area (Å²) in [5, 5.41) is 2.53. The lowest BCUT2D eigenvalue weighted by Gasteiger charge is -2.02. The molecule has 1 N–H and O–H groups in total. The molecular formula is C12H11ClFN3O3S2. The molecule has 0 unspecified atom stereocenters. The molecule has 0 saturated heterocycles. The normalized spacial score (nSPS) is 11.4. The number of carbonyl (C=O) groups is 1. The van der Waals surface area contributed by atoms with Crippen molar-refractivity contribution in [3.63, 3.8) is 0 Å². The number of sulfone groups is 1. The van der Waals surface area contributed by atoms with E-state index in [1.54, 1.807) is 0 Å². The zero-order chi connectivity index (χ0) is 16.2. The molecule has 0 aliphatic heterocycles. The maximum absolute atomic E-state index is 12.8. The zero-order valence-electron chi connectivity index (χ0n) is 11.1. The molecule has 1 heterocycles. The lowest BCUT2D eigenvalue weighted by atomic mass is 10.2. The van der Waals surface area contributed by atoms with Crippen molar-refractivity contribution in [2.45, 2.75) is 10.9 Å². The second-order valence-corrected chi connectivity index (χ2v) is 7.59. The Bertz CT molecular complexity index is 762. The fourth-order valence-electron chi connectivity index (χ4n) is 1.49. The van der Waals surface area contributed by atoms with Crippen LogP contribution in [0.4, 0.5) is 4.39 Å². The van der Waals surface area contributed by atoms with Crippen LogP contribution in [0, 0.1) is 5.82 Å². The Kier molecular flexibility index (Phi) is 5.43. The molecular weight excluding hydrogens is 353 g/mol. The van der Waals surface area contributed by atoms with Crippen molar-refractivity contribution in [1.82, 2.24) is 14.7 Å². The average Bonchev–Trinajstić information content (AvgIpc) is 2.95. The quantitative estimate of drug-likeness (QED) is 0.788. The van der Waals surface area contributed by atoms with Gasteiger partial charge in [0.1, 0.15) is 5.82 Å². The van der Waals surface area contributed by atoms with Crippen molar-refractivity contribution in [3.8, 4) is 0 Å². The molecule has 0 bridgehead atoms. The average molecular weight is 364 g/mol. The summed E-state index contributed by atoms with van der Waals surface area (Å²) < 4.78 is 40.0. The number of hydrogen-bond donors (Lipinski definition) is 1. The first-order chi connectivity index (χ1) is 10.4. The molecule has 1 aromatic heterocycles. The van der Waals surface area contributed by atoms with E-state index in [4.69, 9.17) is 11.6 Å². The minimum absolute atomic E-state index is 0.0247. The first-order valence-electron chi connectivity index (χ1n) is 6.07. The van der Waals surface area contributed by atoms with Gasteiger partial charge in [0.25, 0.3) is 5.91 Å². The molecule has 1 aromatic carbocycles. The Hall–Kier alpha value is -1.58. The summed E-state index contributed by atoms with van der Waals surface area (Å²) in [4.78, 5) is 15.7. The van der Waals surface area contributed by atoms with E-state index in [0.29, 0.717) is 0 Å². The van der Waals surface area contributed by atoms with Crippen molar-refractivity contribution in [1.29, 1.82) is 0 Å². The zero-order valence-corrected chi connectivity index (χ0v) is 13.5. The minimum atomic E-state index is -3.53. The van der Waals surface area contributed by atoms with E-state index in [0.717, 1.165) is 11.5 Å². The molecule has 6 nitrogen and oxygen atoms in total. The maximum Gasteiger partial charge on any atom is 0.251 e. The number of alkyl halides is 1. The van der Waals surface area contributed by atoms with Gasteiger partial charge in [-0.15, -0.1) is 11.6 Å². The van der Waals surface area contributed by atoms with E-state index in [2.05, 4.69) is 14.7 Å². The van der Waals surface area contributed by atoms with Crippen LogP contribution in [0.25, 0.3) is 0 Å². The fourth-order valence-corrected chi connectivity index (χ4v) is 3.97. The highest BCUT2D eigenvalue weighted by atomic mass is 35.5. The second kappa shape index (κ2) is 7.12. The van der Waals surface area contributed by atoms with E-state index in [-0.39, 0.29) is 33.9 Å². The number of benzene rings is 1. The third-order valence-corrected chi connectivity index (χ3v) is 5.89. The van der Waals surface area contributed by atoms with E-state index in [9.17, 15) is 17.6 Å². The highest BCUT2D eigenvalue weighted by Crippen LogP contribution is 2.14.